The molecule has 0 radical (unpaired) electrons. The van der Waals surface area contributed by atoms with Crippen LogP contribution in [-0.4, -0.2) is 0 Å². The summed E-state index contributed by atoms with van der Waals surface area (Å²) in [5.74, 6) is 0. The summed E-state index contributed by atoms with van der Waals surface area (Å²) in [6, 6.07) is 73.8. The number of nitrogens with zero attached hydrogens (tertiary/aromatic N) is 2. The molecule has 0 bridgehead atoms. The van der Waals surface area contributed by atoms with Crippen molar-refractivity contribution in [1.29, 1.82) is 0 Å². The summed E-state index contributed by atoms with van der Waals surface area (Å²) >= 11 is 0. The van der Waals surface area contributed by atoms with Crippen molar-refractivity contribution in [2.75, 3.05) is 9.80 Å². The molecule has 0 aliphatic carbocycles. The Balaban J connectivity index is 1.12. The van der Waals surface area contributed by atoms with Gasteiger partial charge < -0.3 is 14.2 Å². The smallest absolute Gasteiger partial charge is 0.138 e. The maximum atomic E-state index is 6.92. The third kappa shape index (κ3) is 6.39. The van der Waals surface area contributed by atoms with E-state index in [-0.39, 0.29) is 0 Å². The quantitative estimate of drug-likeness (QED) is 0.155. The number of fused-ring (bicyclic) bond motifs is 5. The summed E-state index contributed by atoms with van der Waals surface area (Å²) in [5.41, 5.74) is 15.3. The number of rotatable bonds is 8. The fourth-order valence-corrected chi connectivity index (χ4v) is 8.06. The number of furan rings is 1. The minimum absolute atomic E-state index is 0.844. The lowest BCUT2D eigenvalue weighted by Crippen LogP contribution is -2.10. The molecule has 0 N–H and O–H groups in total. The van der Waals surface area contributed by atoms with Gasteiger partial charge in [0.25, 0.3) is 0 Å². The zero-order valence-electron chi connectivity index (χ0n) is 31.9. The van der Waals surface area contributed by atoms with Crippen molar-refractivity contribution in [1.82, 2.24) is 0 Å². The molecule has 1 heterocycles. The molecule has 0 saturated heterocycles. The lowest BCUT2D eigenvalue weighted by molar-refractivity contribution is 0.669. The first-order valence-electron chi connectivity index (χ1n) is 19.5. The fraction of sp³-hybridized carbons (Fsp3) is 0.0370. The Hall–Kier alpha value is -7.36. The standard InChI is InChI=1S/C54H40N2O/c1-37-17-25-43(26-18-37)55(44-29-21-41(22-30-44)39-11-5-3-6-12-39)47-33-34-50-52(35-47)57-53-36-51(48-15-9-10-16-49(48)54(50)53)56(45-27-19-38(2)20-28-45)46-31-23-42(24-32-46)40-13-7-4-8-14-40/h3-36H,1-2H3. The van der Waals surface area contributed by atoms with E-state index in [2.05, 4.69) is 230 Å². The van der Waals surface area contributed by atoms with Gasteiger partial charge in [-0.05, 0) is 102 Å². The summed E-state index contributed by atoms with van der Waals surface area (Å²) in [4.78, 5) is 4.66. The van der Waals surface area contributed by atoms with Crippen LogP contribution in [-0.2, 0) is 0 Å². The number of hydrogen-bond donors (Lipinski definition) is 0. The molecule has 10 aromatic rings. The number of hydrogen-bond acceptors (Lipinski definition) is 3. The van der Waals surface area contributed by atoms with Crippen molar-refractivity contribution >= 4 is 66.8 Å². The van der Waals surface area contributed by atoms with Gasteiger partial charge in [-0.1, -0.05) is 145 Å². The largest absolute Gasteiger partial charge is 0.456 e. The van der Waals surface area contributed by atoms with E-state index in [0.717, 1.165) is 66.8 Å². The molecule has 0 aliphatic heterocycles. The summed E-state index contributed by atoms with van der Waals surface area (Å²) in [7, 11) is 0. The highest BCUT2D eigenvalue weighted by Crippen LogP contribution is 2.46. The van der Waals surface area contributed by atoms with Crippen LogP contribution in [0.5, 0.6) is 0 Å². The first-order chi connectivity index (χ1) is 28.1. The van der Waals surface area contributed by atoms with Crippen molar-refractivity contribution in [3.05, 3.63) is 217 Å². The van der Waals surface area contributed by atoms with Gasteiger partial charge in [0.05, 0.1) is 5.69 Å². The van der Waals surface area contributed by atoms with Gasteiger partial charge in [0.2, 0.25) is 0 Å². The highest BCUT2D eigenvalue weighted by atomic mass is 16.3. The van der Waals surface area contributed by atoms with Crippen molar-refractivity contribution in [3.8, 4) is 22.3 Å². The van der Waals surface area contributed by atoms with E-state index in [0.29, 0.717) is 0 Å². The van der Waals surface area contributed by atoms with E-state index < -0.39 is 0 Å². The number of anilines is 6. The van der Waals surface area contributed by atoms with E-state index in [1.54, 1.807) is 0 Å². The molecule has 0 aliphatic rings. The molecular formula is C54H40N2O. The van der Waals surface area contributed by atoms with Gasteiger partial charge in [0.15, 0.2) is 0 Å². The third-order valence-corrected chi connectivity index (χ3v) is 11.0. The van der Waals surface area contributed by atoms with E-state index in [9.17, 15) is 0 Å². The lowest BCUT2D eigenvalue weighted by Gasteiger charge is -2.27. The van der Waals surface area contributed by atoms with Crippen LogP contribution in [0.3, 0.4) is 0 Å². The van der Waals surface area contributed by atoms with Crippen molar-refractivity contribution < 1.29 is 4.42 Å². The lowest BCUT2D eigenvalue weighted by atomic mass is 10.00. The molecular weight excluding hydrogens is 693 g/mol. The van der Waals surface area contributed by atoms with Gasteiger partial charge in [0.1, 0.15) is 11.2 Å². The van der Waals surface area contributed by atoms with Crippen LogP contribution in [0.15, 0.2) is 211 Å². The minimum Gasteiger partial charge on any atom is -0.456 e. The highest BCUT2D eigenvalue weighted by molar-refractivity contribution is 6.22. The molecule has 3 nitrogen and oxygen atoms in total. The second-order valence-corrected chi connectivity index (χ2v) is 14.8. The third-order valence-electron chi connectivity index (χ3n) is 11.0. The summed E-state index contributed by atoms with van der Waals surface area (Å²) in [5, 5.41) is 4.52. The van der Waals surface area contributed by atoms with E-state index in [1.165, 1.54) is 33.4 Å². The zero-order chi connectivity index (χ0) is 38.3. The first kappa shape index (κ1) is 34.2. The maximum absolute atomic E-state index is 6.92. The molecule has 0 fully saturated rings. The maximum Gasteiger partial charge on any atom is 0.138 e. The topological polar surface area (TPSA) is 19.6 Å². The molecule has 272 valence electrons. The van der Waals surface area contributed by atoms with Crippen LogP contribution in [0.1, 0.15) is 11.1 Å². The predicted octanol–water partition coefficient (Wildman–Crippen LogP) is 15.6. The Morgan fingerprint density at radius 2 is 0.737 bits per heavy atom. The van der Waals surface area contributed by atoms with Crippen LogP contribution in [0, 0.1) is 13.8 Å². The fourth-order valence-electron chi connectivity index (χ4n) is 8.06. The zero-order valence-corrected chi connectivity index (χ0v) is 31.9. The molecule has 9 aromatic carbocycles. The second kappa shape index (κ2) is 14.4. The molecule has 0 atom stereocenters. The number of benzene rings is 9. The molecule has 10 rings (SSSR count). The van der Waals surface area contributed by atoms with Crippen LogP contribution < -0.4 is 9.80 Å². The molecule has 0 amide bonds. The summed E-state index contributed by atoms with van der Waals surface area (Å²) < 4.78 is 6.92. The average molecular weight is 733 g/mol. The van der Waals surface area contributed by atoms with Gasteiger partial charge in [-0.2, -0.15) is 0 Å². The summed E-state index contributed by atoms with van der Waals surface area (Å²) in [6.45, 7) is 4.26. The Morgan fingerprint density at radius 1 is 0.316 bits per heavy atom. The monoisotopic (exact) mass is 732 g/mol. The SMILES string of the molecule is Cc1ccc(N(c2ccc(-c3ccccc3)cc2)c2ccc3c(c2)oc2cc(N(c4ccc(C)cc4)c4ccc(-c5ccccc5)cc4)c4ccccc4c23)cc1. The Morgan fingerprint density at radius 3 is 1.26 bits per heavy atom. The van der Waals surface area contributed by atoms with Gasteiger partial charge in [-0.15, -0.1) is 0 Å². The first-order valence-corrected chi connectivity index (χ1v) is 19.5. The van der Waals surface area contributed by atoms with Crippen LogP contribution in [0.25, 0.3) is 55.0 Å². The van der Waals surface area contributed by atoms with Crippen LogP contribution >= 0.6 is 0 Å². The molecule has 57 heavy (non-hydrogen) atoms. The average Bonchev–Trinajstić information content (AvgIpc) is 3.64. The van der Waals surface area contributed by atoms with Gasteiger partial charge in [-0.25, -0.2) is 0 Å². The Kier molecular flexibility index (Phi) is 8.61. The van der Waals surface area contributed by atoms with E-state index in [4.69, 9.17) is 4.42 Å². The highest BCUT2D eigenvalue weighted by Gasteiger charge is 2.22. The molecule has 0 unspecified atom stereocenters. The molecule has 0 saturated carbocycles. The second-order valence-electron chi connectivity index (χ2n) is 14.8. The van der Waals surface area contributed by atoms with Crippen molar-refractivity contribution in [2.45, 2.75) is 13.8 Å². The number of aryl methyl sites for hydroxylation is 2. The van der Waals surface area contributed by atoms with Crippen molar-refractivity contribution in [2.24, 2.45) is 0 Å². The predicted molar refractivity (Wildman–Crippen MR) is 241 cm³/mol. The molecule has 3 heteroatoms. The van der Waals surface area contributed by atoms with Gasteiger partial charge in [-0.3, -0.25) is 0 Å². The van der Waals surface area contributed by atoms with Crippen molar-refractivity contribution in [3.63, 3.8) is 0 Å². The minimum atomic E-state index is 0.844. The van der Waals surface area contributed by atoms with Gasteiger partial charge in [0, 0.05) is 56.7 Å². The van der Waals surface area contributed by atoms with E-state index in [1.807, 2.05) is 0 Å². The Bertz CT molecular complexity index is 2990. The van der Waals surface area contributed by atoms with Gasteiger partial charge >= 0.3 is 0 Å². The summed E-state index contributed by atoms with van der Waals surface area (Å²) in [6.07, 6.45) is 0. The normalized spacial score (nSPS) is 11.3. The molecule has 1 aromatic heterocycles. The molecule has 0 spiro atoms. The Labute approximate surface area is 333 Å². The van der Waals surface area contributed by atoms with E-state index >= 15 is 0 Å². The van der Waals surface area contributed by atoms with Crippen LogP contribution in [0.2, 0.25) is 0 Å². The van der Waals surface area contributed by atoms with Crippen LogP contribution in [0.4, 0.5) is 34.1 Å².